The minimum Gasteiger partial charge on any atom is -0.342 e. The minimum absolute atomic E-state index is 0.0900. The zero-order valence-corrected chi connectivity index (χ0v) is 17.9. The molecule has 0 saturated heterocycles. The molecular formula is C26H27N3O. The molecule has 0 aliphatic heterocycles. The average Bonchev–Trinajstić information content (AvgIpc) is 3.10. The van der Waals surface area contributed by atoms with Gasteiger partial charge in [0.1, 0.15) is 5.82 Å². The summed E-state index contributed by atoms with van der Waals surface area (Å²) < 4.78 is 2.22. The van der Waals surface area contributed by atoms with Gasteiger partial charge in [-0.15, -0.1) is 0 Å². The molecule has 0 fully saturated rings. The van der Waals surface area contributed by atoms with Crippen molar-refractivity contribution in [2.24, 2.45) is 0 Å². The van der Waals surface area contributed by atoms with Crippen LogP contribution in [0, 0.1) is 20.8 Å². The summed E-state index contributed by atoms with van der Waals surface area (Å²) in [6.45, 7) is 8.97. The highest BCUT2D eigenvalue weighted by atomic mass is 16.1. The standard InChI is InChI=1S/C26H27N3O/c1-17-10-13-21(14-11-17)26(30)27-20(4)25-28-23-7-5-6-8-24(23)29(25)16-22-15-18(2)9-12-19(22)3/h5-15,20H,16H2,1-4H3,(H,27,30). The van der Waals surface area contributed by atoms with Gasteiger partial charge in [-0.05, 0) is 63.1 Å². The van der Waals surface area contributed by atoms with Gasteiger partial charge in [0.15, 0.2) is 0 Å². The van der Waals surface area contributed by atoms with Crippen LogP contribution in [0.25, 0.3) is 11.0 Å². The molecule has 30 heavy (non-hydrogen) atoms. The molecule has 4 nitrogen and oxygen atoms in total. The van der Waals surface area contributed by atoms with E-state index >= 15 is 0 Å². The zero-order chi connectivity index (χ0) is 21.3. The Morgan fingerprint density at radius 2 is 1.67 bits per heavy atom. The van der Waals surface area contributed by atoms with Crippen molar-refractivity contribution in [1.82, 2.24) is 14.9 Å². The Morgan fingerprint density at radius 1 is 0.967 bits per heavy atom. The van der Waals surface area contributed by atoms with Gasteiger partial charge >= 0.3 is 0 Å². The number of aryl methyl sites for hydroxylation is 3. The molecule has 0 aliphatic carbocycles. The van der Waals surface area contributed by atoms with E-state index in [2.05, 4.69) is 48.0 Å². The first-order valence-electron chi connectivity index (χ1n) is 10.3. The monoisotopic (exact) mass is 397 g/mol. The fourth-order valence-corrected chi connectivity index (χ4v) is 3.78. The van der Waals surface area contributed by atoms with Gasteiger partial charge in [-0.1, -0.05) is 53.6 Å². The fourth-order valence-electron chi connectivity index (χ4n) is 3.78. The normalized spacial score (nSPS) is 12.1. The lowest BCUT2D eigenvalue weighted by Crippen LogP contribution is -2.28. The Hall–Kier alpha value is -3.40. The summed E-state index contributed by atoms with van der Waals surface area (Å²) in [5, 5.41) is 3.12. The zero-order valence-electron chi connectivity index (χ0n) is 17.9. The summed E-state index contributed by atoms with van der Waals surface area (Å²) in [7, 11) is 0. The van der Waals surface area contributed by atoms with E-state index in [9.17, 15) is 4.79 Å². The van der Waals surface area contributed by atoms with Gasteiger partial charge in [-0.2, -0.15) is 0 Å². The Labute approximate surface area is 177 Å². The molecular weight excluding hydrogens is 370 g/mol. The molecule has 1 aromatic heterocycles. The van der Waals surface area contributed by atoms with E-state index in [0.29, 0.717) is 12.1 Å². The summed E-state index contributed by atoms with van der Waals surface area (Å²) in [6.07, 6.45) is 0. The number of rotatable bonds is 5. The first kappa shape index (κ1) is 19.9. The van der Waals surface area contributed by atoms with Crippen molar-refractivity contribution < 1.29 is 4.79 Å². The predicted octanol–water partition coefficient (Wildman–Crippen LogP) is 5.50. The second-order valence-corrected chi connectivity index (χ2v) is 8.04. The van der Waals surface area contributed by atoms with Crippen molar-refractivity contribution in [3.05, 3.63) is 100 Å². The lowest BCUT2D eigenvalue weighted by Gasteiger charge is -2.18. The first-order chi connectivity index (χ1) is 14.4. The van der Waals surface area contributed by atoms with Crippen molar-refractivity contribution in [3.63, 3.8) is 0 Å². The number of nitrogens with one attached hydrogen (secondary N) is 1. The highest BCUT2D eigenvalue weighted by Gasteiger charge is 2.19. The lowest BCUT2D eigenvalue weighted by molar-refractivity contribution is 0.0938. The van der Waals surface area contributed by atoms with Crippen LogP contribution >= 0.6 is 0 Å². The average molecular weight is 398 g/mol. The van der Waals surface area contributed by atoms with Gasteiger partial charge in [0.25, 0.3) is 5.91 Å². The highest BCUT2D eigenvalue weighted by Crippen LogP contribution is 2.24. The molecule has 1 atom stereocenters. The van der Waals surface area contributed by atoms with Crippen molar-refractivity contribution in [2.75, 3.05) is 0 Å². The van der Waals surface area contributed by atoms with E-state index in [4.69, 9.17) is 4.98 Å². The van der Waals surface area contributed by atoms with Crippen LogP contribution < -0.4 is 5.32 Å². The van der Waals surface area contributed by atoms with Crippen LogP contribution in [0.2, 0.25) is 0 Å². The number of para-hydroxylation sites is 2. The van der Waals surface area contributed by atoms with Crippen molar-refractivity contribution in [3.8, 4) is 0 Å². The number of fused-ring (bicyclic) bond motifs is 1. The molecule has 4 aromatic rings. The Balaban J connectivity index is 1.69. The van der Waals surface area contributed by atoms with Crippen LogP contribution in [0.1, 0.15) is 51.4 Å². The predicted molar refractivity (Wildman–Crippen MR) is 122 cm³/mol. The van der Waals surface area contributed by atoms with E-state index in [0.717, 1.165) is 22.4 Å². The number of imidazole rings is 1. The Morgan fingerprint density at radius 3 is 2.43 bits per heavy atom. The van der Waals surface area contributed by atoms with Crippen molar-refractivity contribution >= 4 is 16.9 Å². The molecule has 1 unspecified atom stereocenters. The number of benzene rings is 3. The number of hydrogen-bond donors (Lipinski definition) is 1. The van der Waals surface area contributed by atoms with Crippen LogP contribution in [0.4, 0.5) is 0 Å². The third kappa shape index (κ3) is 3.99. The van der Waals surface area contributed by atoms with E-state index in [1.807, 2.05) is 56.3 Å². The minimum atomic E-state index is -0.226. The number of nitrogens with zero attached hydrogens (tertiary/aromatic N) is 2. The van der Waals surface area contributed by atoms with Crippen LogP contribution in [0.15, 0.2) is 66.7 Å². The number of carbonyl (C=O) groups is 1. The topological polar surface area (TPSA) is 46.9 Å². The van der Waals surface area contributed by atoms with Gasteiger partial charge in [-0.25, -0.2) is 4.98 Å². The van der Waals surface area contributed by atoms with Crippen LogP contribution in [-0.4, -0.2) is 15.5 Å². The molecule has 1 heterocycles. The van der Waals surface area contributed by atoms with E-state index in [1.54, 1.807) is 0 Å². The molecule has 0 spiro atoms. The third-order valence-electron chi connectivity index (χ3n) is 5.57. The molecule has 1 N–H and O–H groups in total. The SMILES string of the molecule is Cc1ccc(C(=O)NC(C)c2nc3ccccc3n2Cc2cc(C)ccc2C)cc1. The summed E-state index contributed by atoms with van der Waals surface area (Å²) >= 11 is 0. The van der Waals surface area contributed by atoms with Gasteiger partial charge in [0.2, 0.25) is 0 Å². The molecule has 4 rings (SSSR count). The summed E-state index contributed by atoms with van der Waals surface area (Å²) in [4.78, 5) is 17.6. The summed E-state index contributed by atoms with van der Waals surface area (Å²) in [5.74, 6) is 0.769. The molecule has 4 heteroatoms. The van der Waals surface area contributed by atoms with E-state index in [-0.39, 0.29) is 11.9 Å². The molecule has 3 aromatic carbocycles. The van der Waals surface area contributed by atoms with Crippen LogP contribution in [-0.2, 0) is 6.54 Å². The molecule has 0 saturated carbocycles. The first-order valence-corrected chi connectivity index (χ1v) is 10.3. The van der Waals surface area contributed by atoms with Gasteiger partial charge in [-0.3, -0.25) is 4.79 Å². The maximum absolute atomic E-state index is 12.8. The third-order valence-corrected chi connectivity index (χ3v) is 5.57. The van der Waals surface area contributed by atoms with Gasteiger partial charge < -0.3 is 9.88 Å². The van der Waals surface area contributed by atoms with E-state index < -0.39 is 0 Å². The number of amides is 1. The summed E-state index contributed by atoms with van der Waals surface area (Å²) in [5.41, 5.74) is 7.55. The maximum Gasteiger partial charge on any atom is 0.251 e. The number of aromatic nitrogens is 2. The molecule has 0 bridgehead atoms. The lowest BCUT2D eigenvalue weighted by atomic mass is 10.1. The fraction of sp³-hybridized carbons (Fsp3) is 0.231. The maximum atomic E-state index is 12.8. The second kappa shape index (κ2) is 8.15. The Bertz CT molecular complexity index is 1200. The second-order valence-electron chi connectivity index (χ2n) is 8.04. The molecule has 0 aliphatic rings. The van der Waals surface area contributed by atoms with Crippen LogP contribution in [0.5, 0.6) is 0 Å². The smallest absolute Gasteiger partial charge is 0.251 e. The quantitative estimate of drug-likeness (QED) is 0.483. The van der Waals surface area contributed by atoms with Crippen LogP contribution in [0.3, 0.4) is 0 Å². The van der Waals surface area contributed by atoms with Gasteiger partial charge in [0, 0.05) is 12.1 Å². The summed E-state index contributed by atoms with van der Waals surface area (Å²) in [6, 6.07) is 22.1. The molecule has 0 radical (unpaired) electrons. The number of carbonyl (C=O) groups excluding carboxylic acids is 1. The van der Waals surface area contributed by atoms with Crippen molar-refractivity contribution in [1.29, 1.82) is 0 Å². The highest BCUT2D eigenvalue weighted by molar-refractivity contribution is 5.94. The van der Waals surface area contributed by atoms with E-state index in [1.165, 1.54) is 16.7 Å². The molecule has 152 valence electrons. The van der Waals surface area contributed by atoms with Gasteiger partial charge in [0.05, 0.1) is 17.1 Å². The molecule has 1 amide bonds. The Kier molecular flexibility index (Phi) is 5.40. The van der Waals surface area contributed by atoms with Crippen molar-refractivity contribution in [2.45, 2.75) is 40.3 Å². The number of hydrogen-bond acceptors (Lipinski definition) is 2. The largest absolute Gasteiger partial charge is 0.342 e.